The number of benzene rings is 1. The number of rotatable bonds is 6. The van der Waals surface area contributed by atoms with Gasteiger partial charge in [0.1, 0.15) is 5.75 Å². The van der Waals surface area contributed by atoms with Gasteiger partial charge in [-0.2, -0.15) is 0 Å². The van der Waals surface area contributed by atoms with E-state index in [1.54, 1.807) is 0 Å². The molecule has 0 bridgehead atoms. The van der Waals surface area contributed by atoms with E-state index in [4.69, 9.17) is 10.5 Å². The third-order valence-electron chi connectivity index (χ3n) is 3.74. The molecule has 0 atom stereocenters. The van der Waals surface area contributed by atoms with Crippen LogP contribution in [0.25, 0.3) is 0 Å². The monoisotopic (exact) mass is 261 g/mol. The highest BCUT2D eigenvalue weighted by Crippen LogP contribution is 2.24. The van der Waals surface area contributed by atoms with Crippen molar-refractivity contribution in [3.8, 4) is 5.75 Å². The maximum atomic E-state index is 11.3. The van der Waals surface area contributed by atoms with Crippen molar-refractivity contribution in [1.82, 2.24) is 0 Å². The molecule has 0 spiro atoms. The van der Waals surface area contributed by atoms with Gasteiger partial charge in [-0.05, 0) is 36.5 Å². The molecule has 0 radical (unpaired) electrons. The molecular weight excluding hydrogens is 238 g/mol. The molecule has 1 fully saturated rings. The van der Waals surface area contributed by atoms with Crippen molar-refractivity contribution in [3.63, 3.8) is 0 Å². The number of hydrogen-bond donors (Lipinski definition) is 1. The molecule has 0 saturated heterocycles. The molecule has 2 rings (SSSR count). The van der Waals surface area contributed by atoms with Gasteiger partial charge in [0.2, 0.25) is 0 Å². The zero-order valence-corrected chi connectivity index (χ0v) is 11.4. The summed E-state index contributed by atoms with van der Waals surface area (Å²) in [6.45, 7) is 0.904. The summed E-state index contributed by atoms with van der Waals surface area (Å²) >= 11 is 0. The highest BCUT2D eigenvalue weighted by atomic mass is 16.5. The first-order valence-electron chi connectivity index (χ1n) is 7.21. The van der Waals surface area contributed by atoms with Gasteiger partial charge in [-0.15, -0.1) is 0 Å². The number of hydrogen-bond acceptors (Lipinski definition) is 3. The SMILES string of the molecule is NCC(=O)Cc1cccc(OCC2CCCCC2)c1. The zero-order chi connectivity index (χ0) is 13.5. The van der Waals surface area contributed by atoms with E-state index in [1.807, 2.05) is 24.3 Å². The minimum absolute atomic E-state index is 0.0597. The zero-order valence-electron chi connectivity index (χ0n) is 11.4. The summed E-state index contributed by atoms with van der Waals surface area (Å²) in [5.41, 5.74) is 6.32. The summed E-state index contributed by atoms with van der Waals surface area (Å²) < 4.78 is 5.86. The van der Waals surface area contributed by atoms with Crippen molar-refractivity contribution >= 4 is 5.78 Å². The van der Waals surface area contributed by atoms with Crippen LogP contribution in [0, 0.1) is 5.92 Å². The molecule has 3 heteroatoms. The van der Waals surface area contributed by atoms with Crippen LogP contribution in [-0.4, -0.2) is 18.9 Å². The topological polar surface area (TPSA) is 52.3 Å². The van der Waals surface area contributed by atoms with Crippen molar-refractivity contribution in [1.29, 1.82) is 0 Å². The molecule has 0 aromatic heterocycles. The molecule has 1 saturated carbocycles. The average Bonchev–Trinajstić information content (AvgIpc) is 2.46. The van der Waals surface area contributed by atoms with Crippen molar-refractivity contribution in [2.45, 2.75) is 38.5 Å². The van der Waals surface area contributed by atoms with Gasteiger partial charge >= 0.3 is 0 Å². The van der Waals surface area contributed by atoms with Crippen LogP contribution in [0.15, 0.2) is 24.3 Å². The quantitative estimate of drug-likeness (QED) is 0.856. The number of carbonyl (C=O) groups is 1. The number of Topliss-reactive ketones (excluding diaryl/α,β-unsaturated/α-hetero) is 1. The molecule has 0 amide bonds. The third kappa shape index (κ3) is 4.67. The van der Waals surface area contributed by atoms with Gasteiger partial charge in [0.15, 0.2) is 5.78 Å². The lowest BCUT2D eigenvalue weighted by molar-refractivity contribution is -0.117. The molecule has 2 N–H and O–H groups in total. The summed E-state index contributed by atoms with van der Waals surface area (Å²) in [5.74, 6) is 1.63. The van der Waals surface area contributed by atoms with Crippen LogP contribution < -0.4 is 10.5 Å². The first-order chi connectivity index (χ1) is 9.28. The van der Waals surface area contributed by atoms with Crippen LogP contribution in [0.5, 0.6) is 5.75 Å². The van der Waals surface area contributed by atoms with E-state index in [-0.39, 0.29) is 12.3 Å². The van der Waals surface area contributed by atoms with E-state index in [9.17, 15) is 4.79 Å². The molecule has 1 aliphatic carbocycles. The number of carbonyl (C=O) groups excluding carboxylic acids is 1. The lowest BCUT2D eigenvalue weighted by Crippen LogP contribution is -2.16. The van der Waals surface area contributed by atoms with Crippen molar-refractivity contribution in [2.24, 2.45) is 11.7 Å². The molecule has 1 aliphatic rings. The fourth-order valence-electron chi connectivity index (χ4n) is 2.61. The Morgan fingerprint density at radius 2 is 2.05 bits per heavy atom. The fraction of sp³-hybridized carbons (Fsp3) is 0.562. The average molecular weight is 261 g/mol. The minimum atomic E-state index is 0.0597. The summed E-state index contributed by atoms with van der Waals surface area (Å²) in [4.78, 5) is 11.3. The smallest absolute Gasteiger partial charge is 0.150 e. The second-order valence-electron chi connectivity index (χ2n) is 5.38. The van der Waals surface area contributed by atoms with Gasteiger partial charge in [0, 0.05) is 6.42 Å². The Kier molecular flexibility index (Phi) is 5.40. The van der Waals surface area contributed by atoms with Crippen molar-refractivity contribution < 1.29 is 9.53 Å². The second-order valence-corrected chi connectivity index (χ2v) is 5.38. The fourth-order valence-corrected chi connectivity index (χ4v) is 2.61. The molecule has 0 unspecified atom stereocenters. The number of ether oxygens (including phenoxy) is 1. The first-order valence-corrected chi connectivity index (χ1v) is 7.21. The van der Waals surface area contributed by atoms with E-state index in [0.29, 0.717) is 12.3 Å². The Hall–Kier alpha value is -1.35. The van der Waals surface area contributed by atoms with Gasteiger partial charge in [0.05, 0.1) is 13.2 Å². The van der Waals surface area contributed by atoms with Crippen LogP contribution in [0.1, 0.15) is 37.7 Å². The minimum Gasteiger partial charge on any atom is -0.493 e. The third-order valence-corrected chi connectivity index (χ3v) is 3.74. The lowest BCUT2D eigenvalue weighted by Gasteiger charge is -2.21. The summed E-state index contributed by atoms with van der Waals surface area (Å²) in [5, 5.41) is 0. The lowest BCUT2D eigenvalue weighted by atomic mass is 9.90. The normalized spacial score (nSPS) is 16.3. The van der Waals surface area contributed by atoms with Gasteiger partial charge in [-0.3, -0.25) is 4.79 Å². The summed E-state index contributed by atoms with van der Waals surface area (Å²) in [6, 6.07) is 7.80. The Morgan fingerprint density at radius 1 is 1.26 bits per heavy atom. The van der Waals surface area contributed by atoms with Crippen LogP contribution in [0.4, 0.5) is 0 Å². The predicted octanol–water partition coefficient (Wildman–Crippen LogP) is 2.72. The van der Waals surface area contributed by atoms with E-state index >= 15 is 0 Å². The van der Waals surface area contributed by atoms with E-state index in [2.05, 4.69) is 0 Å². The van der Waals surface area contributed by atoms with Gasteiger partial charge in [-0.1, -0.05) is 31.4 Å². The molecule has 0 heterocycles. The Morgan fingerprint density at radius 3 is 2.79 bits per heavy atom. The first kappa shape index (κ1) is 14.1. The Balaban J connectivity index is 1.85. The van der Waals surface area contributed by atoms with Crippen LogP contribution >= 0.6 is 0 Å². The van der Waals surface area contributed by atoms with E-state index in [0.717, 1.165) is 17.9 Å². The molecule has 19 heavy (non-hydrogen) atoms. The van der Waals surface area contributed by atoms with E-state index in [1.165, 1.54) is 32.1 Å². The van der Waals surface area contributed by atoms with Crippen molar-refractivity contribution in [2.75, 3.05) is 13.2 Å². The van der Waals surface area contributed by atoms with Crippen LogP contribution in [0.2, 0.25) is 0 Å². The van der Waals surface area contributed by atoms with Crippen molar-refractivity contribution in [3.05, 3.63) is 29.8 Å². The Labute approximate surface area is 115 Å². The molecule has 1 aromatic carbocycles. The molecule has 0 aliphatic heterocycles. The number of nitrogens with two attached hydrogens (primary N) is 1. The summed E-state index contributed by atoms with van der Waals surface area (Å²) in [6.07, 6.45) is 7.00. The van der Waals surface area contributed by atoms with E-state index < -0.39 is 0 Å². The largest absolute Gasteiger partial charge is 0.493 e. The highest BCUT2D eigenvalue weighted by molar-refractivity contribution is 5.82. The predicted molar refractivity (Wildman–Crippen MR) is 76.3 cm³/mol. The van der Waals surface area contributed by atoms with Crippen LogP contribution in [0.3, 0.4) is 0 Å². The second kappa shape index (κ2) is 7.29. The summed E-state index contributed by atoms with van der Waals surface area (Å²) in [7, 11) is 0. The highest BCUT2D eigenvalue weighted by Gasteiger charge is 2.14. The molecular formula is C16H23NO2. The Bertz CT molecular complexity index is 411. The standard InChI is InChI=1S/C16H23NO2/c17-11-15(18)9-14-7-4-8-16(10-14)19-12-13-5-2-1-3-6-13/h4,7-8,10,13H,1-3,5-6,9,11-12,17H2. The number of ketones is 1. The van der Waals surface area contributed by atoms with Crippen LogP contribution in [-0.2, 0) is 11.2 Å². The van der Waals surface area contributed by atoms with Gasteiger partial charge < -0.3 is 10.5 Å². The van der Waals surface area contributed by atoms with Gasteiger partial charge in [-0.25, -0.2) is 0 Å². The molecule has 104 valence electrons. The van der Waals surface area contributed by atoms with Gasteiger partial charge in [0.25, 0.3) is 0 Å². The maximum absolute atomic E-state index is 11.3. The maximum Gasteiger partial charge on any atom is 0.150 e. The molecule has 1 aromatic rings. The molecule has 3 nitrogen and oxygen atoms in total.